The van der Waals surface area contributed by atoms with Gasteiger partial charge in [0.15, 0.2) is 0 Å². The Bertz CT molecular complexity index is 489. The molecule has 2 N–H and O–H groups in total. The molecule has 1 aromatic carbocycles. The van der Waals surface area contributed by atoms with Gasteiger partial charge >= 0.3 is 0 Å². The van der Waals surface area contributed by atoms with E-state index in [1.165, 1.54) is 0 Å². The number of hydrogen-bond acceptors (Lipinski definition) is 2. The molecule has 0 radical (unpaired) electrons. The molecule has 0 aromatic heterocycles. The van der Waals surface area contributed by atoms with E-state index >= 15 is 0 Å². The van der Waals surface area contributed by atoms with Crippen molar-refractivity contribution < 1.29 is 9.59 Å². The molecule has 0 aliphatic rings. The van der Waals surface area contributed by atoms with Gasteiger partial charge in [-0.1, -0.05) is 40.7 Å². The van der Waals surface area contributed by atoms with E-state index in [4.69, 9.17) is 0 Å². The first-order chi connectivity index (χ1) is 9.24. The molecule has 0 spiro atoms. The fraction of sp³-hybridized carbons (Fsp3) is 0.500. The molecule has 1 aromatic rings. The van der Waals surface area contributed by atoms with Crippen LogP contribution in [0.4, 0.5) is 11.4 Å². The fourth-order valence-corrected chi connectivity index (χ4v) is 1.44. The summed E-state index contributed by atoms with van der Waals surface area (Å²) in [5.74, 6) is -0.0856. The van der Waals surface area contributed by atoms with E-state index in [1.54, 1.807) is 6.07 Å². The number of rotatable bonds is 4. The molecule has 20 heavy (non-hydrogen) atoms. The van der Waals surface area contributed by atoms with E-state index in [0.29, 0.717) is 11.4 Å². The predicted octanol–water partition coefficient (Wildman–Crippen LogP) is 3.66. The van der Waals surface area contributed by atoms with Crippen LogP contribution in [0.5, 0.6) is 0 Å². The van der Waals surface area contributed by atoms with Crippen LogP contribution in [0.25, 0.3) is 0 Å². The fourth-order valence-electron chi connectivity index (χ4n) is 1.44. The Morgan fingerprint density at radius 2 is 1.70 bits per heavy atom. The average molecular weight is 276 g/mol. The largest absolute Gasteiger partial charge is 0.326 e. The number of carbonyl (C=O) groups excluding carboxylic acids is 2. The third-order valence-electron chi connectivity index (χ3n) is 3.13. The lowest BCUT2D eigenvalue weighted by Gasteiger charge is -2.18. The van der Waals surface area contributed by atoms with Gasteiger partial charge in [0.2, 0.25) is 11.8 Å². The Morgan fingerprint density at radius 3 is 2.20 bits per heavy atom. The molecule has 110 valence electrons. The van der Waals surface area contributed by atoms with E-state index < -0.39 is 5.41 Å². The Morgan fingerprint density at radius 1 is 1.15 bits per heavy atom. The highest BCUT2D eigenvalue weighted by molar-refractivity contribution is 5.96. The molecular weight excluding hydrogens is 252 g/mol. The van der Waals surface area contributed by atoms with Gasteiger partial charge in [0, 0.05) is 22.7 Å². The Labute approximate surface area is 121 Å². The number of benzene rings is 1. The number of carbonyl (C=O) groups is 2. The highest BCUT2D eigenvalue weighted by atomic mass is 16.2. The smallest absolute Gasteiger partial charge is 0.229 e. The molecule has 1 rings (SSSR count). The van der Waals surface area contributed by atoms with Gasteiger partial charge < -0.3 is 10.6 Å². The lowest BCUT2D eigenvalue weighted by atomic mass is 9.95. The summed E-state index contributed by atoms with van der Waals surface area (Å²) >= 11 is 0. The third kappa shape index (κ3) is 4.68. The van der Waals surface area contributed by atoms with Crippen LogP contribution in [-0.2, 0) is 9.59 Å². The summed E-state index contributed by atoms with van der Waals surface area (Å²) in [6.45, 7) is 9.44. The van der Waals surface area contributed by atoms with Gasteiger partial charge in [-0.25, -0.2) is 0 Å². The van der Waals surface area contributed by atoms with Crippen LogP contribution in [0.2, 0.25) is 0 Å². The molecule has 0 fully saturated rings. The zero-order valence-electron chi connectivity index (χ0n) is 12.9. The molecule has 1 atom stereocenters. The third-order valence-corrected chi connectivity index (χ3v) is 3.13. The van der Waals surface area contributed by atoms with Crippen molar-refractivity contribution in [1.82, 2.24) is 0 Å². The minimum absolute atomic E-state index is 0.00759. The van der Waals surface area contributed by atoms with Gasteiger partial charge in [0.25, 0.3) is 0 Å². The summed E-state index contributed by atoms with van der Waals surface area (Å²) in [6.07, 6.45) is 0.798. The molecule has 0 unspecified atom stereocenters. The van der Waals surface area contributed by atoms with Crippen LogP contribution in [0.1, 0.15) is 41.0 Å². The summed E-state index contributed by atoms with van der Waals surface area (Å²) < 4.78 is 0. The van der Waals surface area contributed by atoms with Crippen molar-refractivity contribution in [2.45, 2.75) is 41.0 Å². The SMILES string of the molecule is CC[C@@H](C)C(=O)Nc1cccc(NC(=O)C(C)(C)C)c1. The van der Waals surface area contributed by atoms with Crippen LogP contribution in [0.15, 0.2) is 24.3 Å². The normalized spacial score (nSPS) is 12.7. The minimum Gasteiger partial charge on any atom is -0.326 e. The lowest BCUT2D eigenvalue weighted by Crippen LogP contribution is -2.27. The van der Waals surface area contributed by atoms with E-state index in [2.05, 4.69) is 10.6 Å². The summed E-state index contributed by atoms with van der Waals surface area (Å²) in [7, 11) is 0. The molecule has 0 bridgehead atoms. The number of anilines is 2. The molecule has 0 saturated heterocycles. The van der Waals surface area contributed by atoms with Gasteiger partial charge in [-0.05, 0) is 24.6 Å². The topological polar surface area (TPSA) is 58.2 Å². The first kappa shape index (κ1) is 16.2. The maximum absolute atomic E-state index is 11.9. The summed E-state index contributed by atoms with van der Waals surface area (Å²) in [4.78, 5) is 23.8. The summed E-state index contributed by atoms with van der Waals surface area (Å²) in [5, 5.41) is 5.70. The molecule has 0 heterocycles. The number of amides is 2. The molecule has 0 aliphatic carbocycles. The maximum atomic E-state index is 11.9. The van der Waals surface area contributed by atoms with Crippen molar-refractivity contribution in [3.8, 4) is 0 Å². The van der Waals surface area contributed by atoms with Crippen LogP contribution in [0, 0.1) is 11.3 Å². The van der Waals surface area contributed by atoms with E-state index in [1.807, 2.05) is 52.8 Å². The first-order valence-electron chi connectivity index (χ1n) is 6.96. The van der Waals surface area contributed by atoms with Gasteiger partial charge in [0.1, 0.15) is 0 Å². The maximum Gasteiger partial charge on any atom is 0.229 e. The van der Waals surface area contributed by atoms with Crippen molar-refractivity contribution in [2.24, 2.45) is 11.3 Å². The molecular formula is C16H24N2O2. The van der Waals surface area contributed by atoms with Gasteiger partial charge in [-0.3, -0.25) is 9.59 Å². The minimum atomic E-state index is -0.448. The lowest BCUT2D eigenvalue weighted by molar-refractivity contribution is -0.123. The Balaban J connectivity index is 2.76. The van der Waals surface area contributed by atoms with Crippen molar-refractivity contribution in [1.29, 1.82) is 0 Å². The molecule has 4 nitrogen and oxygen atoms in total. The van der Waals surface area contributed by atoms with E-state index in [-0.39, 0.29) is 17.7 Å². The van der Waals surface area contributed by atoms with Crippen molar-refractivity contribution in [2.75, 3.05) is 10.6 Å². The van der Waals surface area contributed by atoms with Gasteiger partial charge in [-0.2, -0.15) is 0 Å². The van der Waals surface area contributed by atoms with E-state index in [0.717, 1.165) is 6.42 Å². The Kier molecular flexibility index (Phi) is 5.31. The van der Waals surface area contributed by atoms with Crippen molar-refractivity contribution >= 4 is 23.2 Å². The van der Waals surface area contributed by atoms with E-state index in [9.17, 15) is 9.59 Å². The highest BCUT2D eigenvalue weighted by Gasteiger charge is 2.21. The second-order valence-electron chi connectivity index (χ2n) is 6.08. The molecule has 4 heteroatoms. The summed E-state index contributed by atoms with van der Waals surface area (Å²) in [5.41, 5.74) is 0.935. The van der Waals surface area contributed by atoms with Crippen LogP contribution in [0.3, 0.4) is 0 Å². The second-order valence-corrected chi connectivity index (χ2v) is 6.08. The first-order valence-corrected chi connectivity index (χ1v) is 6.96. The van der Waals surface area contributed by atoms with Gasteiger partial charge in [-0.15, -0.1) is 0 Å². The number of hydrogen-bond donors (Lipinski definition) is 2. The van der Waals surface area contributed by atoms with Crippen LogP contribution < -0.4 is 10.6 Å². The zero-order valence-corrected chi connectivity index (χ0v) is 12.9. The van der Waals surface area contributed by atoms with Crippen LogP contribution >= 0.6 is 0 Å². The standard InChI is InChI=1S/C16H24N2O2/c1-6-11(2)14(19)17-12-8-7-9-13(10-12)18-15(20)16(3,4)5/h7-11H,6H2,1-5H3,(H,17,19)(H,18,20)/t11-/m1/s1. The van der Waals surface area contributed by atoms with Crippen molar-refractivity contribution in [3.63, 3.8) is 0 Å². The van der Waals surface area contributed by atoms with Crippen LogP contribution in [-0.4, -0.2) is 11.8 Å². The van der Waals surface area contributed by atoms with Crippen molar-refractivity contribution in [3.05, 3.63) is 24.3 Å². The highest BCUT2D eigenvalue weighted by Crippen LogP contribution is 2.20. The second kappa shape index (κ2) is 6.55. The quantitative estimate of drug-likeness (QED) is 0.881. The molecule has 0 aliphatic heterocycles. The zero-order chi connectivity index (χ0) is 15.3. The average Bonchev–Trinajstić information content (AvgIpc) is 2.37. The molecule has 2 amide bonds. The predicted molar refractivity (Wildman–Crippen MR) is 82.6 cm³/mol. The number of nitrogens with one attached hydrogen (secondary N) is 2. The molecule has 0 saturated carbocycles. The summed E-state index contributed by atoms with van der Waals surface area (Å²) in [6, 6.07) is 7.20. The Hall–Kier alpha value is -1.84. The van der Waals surface area contributed by atoms with Gasteiger partial charge in [0.05, 0.1) is 0 Å². The monoisotopic (exact) mass is 276 g/mol.